The third-order valence-electron chi connectivity index (χ3n) is 1.45. The Morgan fingerprint density at radius 3 is 2.43 bits per heavy atom. The van der Waals surface area contributed by atoms with E-state index >= 15 is 0 Å². The van der Waals surface area contributed by atoms with Gasteiger partial charge in [0.05, 0.1) is 19.1 Å². The highest BCUT2D eigenvalue weighted by Gasteiger charge is 2.06. The van der Waals surface area contributed by atoms with Crippen LogP contribution in [0.2, 0.25) is 0 Å². The summed E-state index contributed by atoms with van der Waals surface area (Å²) in [7, 11) is -2.03. The summed E-state index contributed by atoms with van der Waals surface area (Å²) >= 11 is 0. The maximum Gasteiger partial charge on any atom is 0.306 e. The van der Waals surface area contributed by atoms with Crippen molar-refractivity contribution in [3.8, 4) is 11.5 Å². The standard InChI is InChI=1S/C8H11NO4S/c1-12-8-4-3-6(5-7(8)9)13-14(2,10)11/h3-5H,9H2,1-2H3. The summed E-state index contributed by atoms with van der Waals surface area (Å²) in [6, 6.07) is 4.39. The molecule has 0 unspecified atom stereocenters. The first-order valence-electron chi connectivity index (χ1n) is 3.75. The van der Waals surface area contributed by atoms with Crippen molar-refractivity contribution in [1.82, 2.24) is 0 Å². The van der Waals surface area contributed by atoms with Crippen LogP contribution in [0.4, 0.5) is 5.69 Å². The fourth-order valence-corrected chi connectivity index (χ4v) is 1.39. The molecule has 0 atom stereocenters. The van der Waals surface area contributed by atoms with Gasteiger partial charge >= 0.3 is 10.1 Å². The first-order valence-corrected chi connectivity index (χ1v) is 5.57. The topological polar surface area (TPSA) is 78.6 Å². The van der Waals surface area contributed by atoms with Crippen LogP contribution in [-0.4, -0.2) is 21.8 Å². The molecule has 0 aliphatic rings. The summed E-state index contributed by atoms with van der Waals surface area (Å²) in [5.41, 5.74) is 5.88. The van der Waals surface area contributed by atoms with E-state index in [0.29, 0.717) is 11.4 Å². The second kappa shape index (κ2) is 3.75. The molecule has 78 valence electrons. The van der Waals surface area contributed by atoms with E-state index in [9.17, 15) is 8.42 Å². The minimum atomic E-state index is -3.51. The van der Waals surface area contributed by atoms with Gasteiger partial charge in [-0.25, -0.2) is 0 Å². The van der Waals surface area contributed by atoms with Crippen LogP contribution >= 0.6 is 0 Å². The van der Waals surface area contributed by atoms with Crippen LogP contribution in [0.5, 0.6) is 11.5 Å². The zero-order chi connectivity index (χ0) is 10.8. The summed E-state index contributed by atoms with van der Waals surface area (Å²) < 4.78 is 31.1. The minimum Gasteiger partial charge on any atom is -0.495 e. The van der Waals surface area contributed by atoms with Gasteiger partial charge in [-0.2, -0.15) is 8.42 Å². The van der Waals surface area contributed by atoms with Crippen molar-refractivity contribution in [2.75, 3.05) is 19.1 Å². The van der Waals surface area contributed by atoms with Gasteiger partial charge in [-0.05, 0) is 12.1 Å². The average molecular weight is 217 g/mol. The lowest BCUT2D eigenvalue weighted by Crippen LogP contribution is -2.06. The summed E-state index contributed by atoms with van der Waals surface area (Å²) in [5.74, 6) is 0.650. The quantitative estimate of drug-likeness (QED) is 0.593. The molecule has 1 aromatic carbocycles. The van der Waals surface area contributed by atoms with Crippen molar-refractivity contribution in [2.45, 2.75) is 0 Å². The first-order chi connectivity index (χ1) is 6.42. The lowest BCUT2D eigenvalue weighted by atomic mass is 10.3. The molecular weight excluding hydrogens is 206 g/mol. The second-order valence-corrected chi connectivity index (χ2v) is 4.27. The van der Waals surface area contributed by atoms with Crippen LogP contribution in [0.15, 0.2) is 18.2 Å². The Morgan fingerprint density at radius 2 is 2.00 bits per heavy atom. The van der Waals surface area contributed by atoms with Crippen molar-refractivity contribution in [3.05, 3.63) is 18.2 Å². The van der Waals surface area contributed by atoms with Crippen molar-refractivity contribution >= 4 is 15.8 Å². The zero-order valence-corrected chi connectivity index (χ0v) is 8.67. The van der Waals surface area contributed by atoms with E-state index in [0.717, 1.165) is 6.26 Å². The maximum atomic E-state index is 10.8. The van der Waals surface area contributed by atoms with Gasteiger partial charge in [0, 0.05) is 6.07 Å². The molecule has 0 radical (unpaired) electrons. The summed E-state index contributed by atoms with van der Waals surface area (Å²) in [6.45, 7) is 0. The molecule has 0 aliphatic heterocycles. The molecule has 0 fully saturated rings. The van der Waals surface area contributed by atoms with Crippen LogP contribution in [0.25, 0.3) is 0 Å². The number of methoxy groups -OCH3 is 1. The van der Waals surface area contributed by atoms with Gasteiger partial charge in [0.15, 0.2) is 0 Å². The van der Waals surface area contributed by atoms with Crippen LogP contribution in [-0.2, 0) is 10.1 Å². The molecule has 0 bridgehead atoms. The molecule has 6 heteroatoms. The van der Waals surface area contributed by atoms with E-state index in [4.69, 9.17) is 10.5 Å². The van der Waals surface area contributed by atoms with Crippen molar-refractivity contribution < 1.29 is 17.3 Å². The van der Waals surface area contributed by atoms with Crippen molar-refractivity contribution in [3.63, 3.8) is 0 Å². The number of hydrogen-bond acceptors (Lipinski definition) is 5. The zero-order valence-electron chi connectivity index (χ0n) is 7.85. The Kier molecular flexibility index (Phi) is 2.85. The van der Waals surface area contributed by atoms with Gasteiger partial charge in [-0.3, -0.25) is 0 Å². The third-order valence-corrected chi connectivity index (χ3v) is 1.94. The third kappa shape index (κ3) is 2.81. The largest absolute Gasteiger partial charge is 0.495 e. The molecule has 0 saturated carbocycles. The molecule has 0 saturated heterocycles. The Labute approximate surface area is 82.6 Å². The maximum absolute atomic E-state index is 10.8. The molecule has 2 N–H and O–H groups in total. The molecule has 0 spiro atoms. The Hall–Kier alpha value is -1.43. The number of anilines is 1. The van der Waals surface area contributed by atoms with Gasteiger partial charge in [-0.15, -0.1) is 0 Å². The highest BCUT2D eigenvalue weighted by Crippen LogP contribution is 2.26. The Bertz CT molecular complexity index is 427. The first kappa shape index (κ1) is 10.6. The number of nitrogen functional groups attached to an aromatic ring is 1. The SMILES string of the molecule is COc1ccc(OS(C)(=O)=O)cc1N. The van der Waals surface area contributed by atoms with E-state index in [1.54, 1.807) is 0 Å². The van der Waals surface area contributed by atoms with E-state index in [1.807, 2.05) is 0 Å². The normalized spacial score (nSPS) is 11.0. The molecule has 0 aromatic heterocycles. The fraction of sp³-hybridized carbons (Fsp3) is 0.250. The van der Waals surface area contributed by atoms with Gasteiger partial charge < -0.3 is 14.7 Å². The van der Waals surface area contributed by atoms with Crippen molar-refractivity contribution in [2.24, 2.45) is 0 Å². The molecule has 0 heterocycles. The van der Waals surface area contributed by atoms with Crippen molar-refractivity contribution in [1.29, 1.82) is 0 Å². The molecule has 5 nitrogen and oxygen atoms in total. The average Bonchev–Trinajstić information content (AvgIpc) is 2.01. The molecule has 14 heavy (non-hydrogen) atoms. The van der Waals surface area contributed by atoms with Crippen LogP contribution in [0, 0.1) is 0 Å². The number of benzene rings is 1. The van der Waals surface area contributed by atoms with Gasteiger partial charge in [0.2, 0.25) is 0 Å². The lowest BCUT2D eigenvalue weighted by Gasteiger charge is -2.06. The van der Waals surface area contributed by atoms with Gasteiger partial charge in [0.25, 0.3) is 0 Å². The number of ether oxygens (including phenoxy) is 1. The van der Waals surface area contributed by atoms with Gasteiger partial charge in [-0.1, -0.05) is 0 Å². The molecule has 1 rings (SSSR count). The smallest absolute Gasteiger partial charge is 0.306 e. The number of rotatable bonds is 3. The Balaban J connectivity index is 2.98. The number of hydrogen-bond donors (Lipinski definition) is 1. The highest BCUT2D eigenvalue weighted by atomic mass is 32.2. The van der Waals surface area contributed by atoms with Gasteiger partial charge in [0.1, 0.15) is 11.5 Å². The number of nitrogens with two attached hydrogens (primary N) is 1. The molecule has 1 aromatic rings. The molecular formula is C8H11NO4S. The summed E-state index contributed by atoms with van der Waals surface area (Å²) in [6.07, 6.45) is 0.966. The Morgan fingerprint density at radius 1 is 1.36 bits per heavy atom. The lowest BCUT2D eigenvalue weighted by molar-refractivity contribution is 0.416. The highest BCUT2D eigenvalue weighted by molar-refractivity contribution is 7.86. The van der Waals surface area contributed by atoms with E-state index in [1.165, 1.54) is 25.3 Å². The molecule has 0 amide bonds. The van der Waals surface area contributed by atoms with E-state index in [-0.39, 0.29) is 5.75 Å². The van der Waals surface area contributed by atoms with Crippen LogP contribution in [0.3, 0.4) is 0 Å². The van der Waals surface area contributed by atoms with E-state index in [2.05, 4.69) is 4.18 Å². The summed E-state index contributed by atoms with van der Waals surface area (Å²) in [4.78, 5) is 0. The molecule has 0 aliphatic carbocycles. The van der Waals surface area contributed by atoms with Crippen LogP contribution in [0.1, 0.15) is 0 Å². The summed E-state index contributed by atoms with van der Waals surface area (Å²) in [5, 5.41) is 0. The fourth-order valence-electron chi connectivity index (χ4n) is 0.939. The predicted molar refractivity (Wildman–Crippen MR) is 52.9 cm³/mol. The predicted octanol–water partition coefficient (Wildman–Crippen LogP) is 0.616. The second-order valence-electron chi connectivity index (χ2n) is 2.69. The minimum absolute atomic E-state index is 0.172. The van der Waals surface area contributed by atoms with E-state index < -0.39 is 10.1 Å². The monoisotopic (exact) mass is 217 g/mol. The van der Waals surface area contributed by atoms with Crippen LogP contribution < -0.4 is 14.7 Å².